The molecule has 3 rings (SSSR count). The van der Waals surface area contributed by atoms with Crippen LogP contribution in [-0.2, 0) is 4.79 Å². The number of para-hydroxylation sites is 2. The van der Waals surface area contributed by atoms with Crippen LogP contribution in [0.5, 0.6) is 5.75 Å². The van der Waals surface area contributed by atoms with Gasteiger partial charge in [-0.25, -0.2) is 14.8 Å². The molecule has 9 heteroatoms. The molecule has 1 aromatic carbocycles. The van der Waals surface area contributed by atoms with Gasteiger partial charge < -0.3 is 25.5 Å². The fourth-order valence-electron chi connectivity index (χ4n) is 2.73. The number of aromatic nitrogens is 2. The number of hydrogen-bond donors (Lipinski definition) is 3. The van der Waals surface area contributed by atoms with Crippen LogP contribution in [0, 0.1) is 0 Å². The Morgan fingerprint density at radius 2 is 1.74 bits per heavy atom. The van der Waals surface area contributed by atoms with Gasteiger partial charge in [-0.15, -0.1) is 0 Å². The molecule has 1 aliphatic rings. The average molecular weight is 370 g/mol. The van der Waals surface area contributed by atoms with Gasteiger partial charge >= 0.3 is 6.03 Å². The summed E-state index contributed by atoms with van der Waals surface area (Å²) in [5.41, 5.74) is 0.306. The normalized spacial score (nSPS) is 15.1. The number of anilines is 2. The van der Waals surface area contributed by atoms with E-state index < -0.39 is 11.9 Å². The zero-order chi connectivity index (χ0) is 19.2. The molecule has 1 aliphatic heterocycles. The van der Waals surface area contributed by atoms with E-state index in [9.17, 15) is 14.7 Å². The van der Waals surface area contributed by atoms with E-state index in [-0.39, 0.29) is 11.8 Å². The van der Waals surface area contributed by atoms with Crippen molar-refractivity contribution < 1.29 is 14.7 Å². The number of benzene rings is 1. The summed E-state index contributed by atoms with van der Waals surface area (Å²) in [6, 6.07) is 7.15. The SMILES string of the molecule is CC(NC(=O)N1CCN(c2ncccn2)CC1)C(=O)Nc1ccccc1O. The first kappa shape index (κ1) is 18.4. The highest BCUT2D eigenvalue weighted by Crippen LogP contribution is 2.21. The number of carbonyl (C=O) groups is 2. The van der Waals surface area contributed by atoms with E-state index in [2.05, 4.69) is 20.6 Å². The standard InChI is InChI=1S/C18H22N6O3/c1-13(16(26)22-14-5-2-3-6-15(14)25)21-18(27)24-11-9-23(10-12-24)17-19-7-4-8-20-17/h2-8,13,25H,9-12H2,1H3,(H,21,27)(H,22,26). The third-order valence-corrected chi connectivity index (χ3v) is 4.30. The highest BCUT2D eigenvalue weighted by Gasteiger charge is 2.25. The fourth-order valence-corrected chi connectivity index (χ4v) is 2.73. The van der Waals surface area contributed by atoms with Crippen molar-refractivity contribution in [3.63, 3.8) is 0 Å². The molecule has 142 valence electrons. The molecule has 2 heterocycles. The zero-order valence-electron chi connectivity index (χ0n) is 15.0. The van der Waals surface area contributed by atoms with Crippen molar-refractivity contribution in [2.24, 2.45) is 0 Å². The van der Waals surface area contributed by atoms with Crippen molar-refractivity contribution >= 4 is 23.6 Å². The molecule has 1 atom stereocenters. The Kier molecular flexibility index (Phi) is 5.70. The number of piperazine rings is 1. The van der Waals surface area contributed by atoms with Gasteiger partial charge in [-0.2, -0.15) is 0 Å². The van der Waals surface area contributed by atoms with E-state index in [0.29, 0.717) is 37.8 Å². The van der Waals surface area contributed by atoms with Crippen LogP contribution < -0.4 is 15.5 Å². The molecule has 0 bridgehead atoms. The molecule has 0 spiro atoms. The average Bonchev–Trinajstić information content (AvgIpc) is 2.70. The number of aromatic hydroxyl groups is 1. The van der Waals surface area contributed by atoms with E-state index in [0.717, 1.165) is 0 Å². The molecule has 3 N–H and O–H groups in total. The van der Waals surface area contributed by atoms with E-state index in [1.54, 1.807) is 48.5 Å². The summed E-state index contributed by atoms with van der Waals surface area (Å²) in [6.07, 6.45) is 3.37. The van der Waals surface area contributed by atoms with Crippen molar-refractivity contribution in [1.29, 1.82) is 0 Å². The Hall–Kier alpha value is -3.36. The first-order valence-corrected chi connectivity index (χ1v) is 8.71. The van der Waals surface area contributed by atoms with E-state index in [1.807, 2.05) is 4.90 Å². The van der Waals surface area contributed by atoms with Crippen LogP contribution in [0.4, 0.5) is 16.4 Å². The third-order valence-electron chi connectivity index (χ3n) is 4.30. The van der Waals surface area contributed by atoms with Gasteiger partial charge in [0.15, 0.2) is 0 Å². The molecule has 0 radical (unpaired) electrons. The second kappa shape index (κ2) is 8.35. The lowest BCUT2D eigenvalue weighted by molar-refractivity contribution is -0.117. The Morgan fingerprint density at radius 3 is 2.41 bits per heavy atom. The topological polar surface area (TPSA) is 111 Å². The Balaban J connectivity index is 1.49. The van der Waals surface area contributed by atoms with Crippen molar-refractivity contribution in [1.82, 2.24) is 20.2 Å². The summed E-state index contributed by atoms with van der Waals surface area (Å²) < 4.78 is 0. The first-order valence-electron chi connectivity index (χ1n) is 8.71. The molecule has 0 saturated carbocycles. The molecule has 1 unspecified atom stereocenters. The first-order chi connectivity index (χ1) is 13.0. The Labute approximate surface area is 157 Å². The molecule has 9 nitrogen and oxygen atoms in total. The molecule has 1 fully saturated rings. The maximum atomic E-state index is 12.4. The number of nitrogens with zero attached hydrogens (tertiary/aromatic N) is 4. The number of phenolic OH excluding ortho intramolecular Hbond substituents is 1. The summed E-state index contributed by atoms with van der Waals surface area (Å²) in [5.74, 6) is 0.220. The third kappa shape index (κ3) is 4.63. The lowest BCUT2D eigenvalue weighted by Gasteiger charge is -2.35. The smallest absolute Gasteiger partial charge is 0.318 e. The fraction of sp³-hybridized carbons (Fsp3) is 0.333. The maximum Gasteiger partial charge on any atom is 0.318 e. The van der Waals surface area contributed by atoms with Gasteiger partial charge in [-0.1, -0.05) is 12.1 Å². The molecule has 27 heavy (non-hydrogen) atoms. The number of urea groups is 1. The number of phenols is 1. The molecule has 1 aromatic heterocycles. The molecule has 0 aliphatic carbocycles. The molecular weight excluding hydrogens is 348 g/mol. The minimum absolute atomic E-state index is 0.0244. The van der Waals surface area contributed by atoms with Gasteiger partial charge in [0.05, 0.1) is 5.69 Å². The summed E-state index contributed by atoms with van der Waals surface area (Å²) >= 11 is 0. The van der Waals surface area contributed by atoms with Gasteiger partial charge in [0, 0.05) is 38.6 Å². The largest absolute Gasteiger partial charge is 0.506 e. The summed E-state index contributed by atoms with van der Waals surface area (Å²) in [4.78, 5) is 36.7. The molecule has 1 saturated heterocycles. The Bertz CT molecular complexity index is 793. The molecule has 2 aromatic rings. The highest BCUT2D eigenvalue weighted by molar-refractivity contribution is 5.97. The predicted molar refractivity (Wildman–Crippen MR) is 101 cm³/mol. The summed E-state index contributed by atoms with van der Waals surface area (Å²) in [6.45, 7) is 3.86. The van der Waals surface area contributed by atoms with Gasteiger partial charge in [0.2, 0.25) is 11.9 Å². The number of nitrogens with one attached hydrogen (secondary N) is 2. The lowest BCUT2D eigenvalue weighted by Crippen LogP contribution is -2.55. The second-order valence-electron chi connectivity index (χ2n) is 6.20. The quantitative estimate of drug-likeness (QED) is 0.694. The van der Waals surface area contributed by atoms with Gasteiger partial charge in [-0.05, 0) is 25.1 Å². The molecular formula is C18H22N6O3. The minimum atomic E-state index is -0.743. The van der Waals surface area contributed by atoms with Crippen LogP contribution in [0.3, 0.4) is 0 Å². The van der Waals surface area contributed by atoms with Crippen LogP contribution in [0.1, 0.15) is 6.92 Å². The Morgan fingerprint density at radius 1 is 1.07 bits per heavy atom. The highest BCUT2D eigenvalue weighted by atomic mass is 16.3. The van der Waals surface area contributed by atoms with Gasteiger partial charge in [0.1, 0.15) is 11.8 Å². The summed E-state index contributed by atoms with van der Waals surface area (Å²) in [5, 5.41) is 15.0. The van der Waals surface area contributed by atoms with Crippen LogP contribution >= 0.6 is 0 Å². The number of hydrogen-bond acceptors (Lipinski definition) is 6. The van der Waals surface area contributed by atoms with Crippen LogP contribution in [0.15, 0.2) is 42.7 Å². The van der Waals surface area contributed by atoms with Crippen molar-refractivity contribution in [2.75, 3.05) is 36.4 Å². The van der Waals surface area contributed by atoms with Crippen LogP contribution in [-0.4, -0.2) is 64.1 Å². The summed E-state index contributed by atoms with van der Waals surface area (Å²) in [7, 11) is 0. The van der Waals surface area contributed by atoms with E-state index >= 15 is 0 Å². The lowest BCUT2D eigenvalue weighted by atomic mass is 10.2. The van der Waals surface area contributed by atoms with Crippen LogP contribution in [0.2, 0.25) is 0 Å². The number of rotatable bonds is 4. The van der Waals surface area contributed by atoms with Crippen LogP contribution in [0.25, 0.3) is 0 Å². The monoisotopic (exact) mass is 370 g/mol. The second-order valence-corrected chi connectivity index (χ2v) is 6.20. The predicted octanol–water partition coefficient (Wildman–Crippen LogP) is 1.04. The number of carbonyl (C=O) groups excluding carboxylic acids is 2. The van der Waals surface area contributed by atoms with Gasteiger partial charge in [0.25, 0.3) is 0 Å². The van der Waals surface area contributed by atoms with Crippen molar-refractivity contribution in [2.45, 2.75) is 13.0 Å². The van der Waals surface area contributed by atoms with E-state index in [4.69, 9.17) is 0 Å². The molecule has 3 amide bonds. The number of amides is 3. The van der Waals surface area contributed by atoms with Crippen molar-refractivity contribution in [3.8, 4) is 5.75 Å². The minimum Gasteiger partial charge on any atom is -0.506 e. The maximum absolute atomic E-state index is 12.4. The zero-order valence-corrected chi connectivity index (χ0v) is 15.0. The van der Waals surface area contributed by atoms with E-state index in [1.165, 1.54) is 6.07 Å². The van der Waals surface area contributed by atoms with Gasteiger partial charge in [-0.3, -0.25) is 4.79 Å². The van der Waals surface area contributed by atoms with Crippen molar-refractivity contribution in [3.05, 3.63) is 42.7 Å².